The highest BCUT2D eigenvalue weighted by atomic mass is 32.2. The predicted octanol–water partition coefficient (Wildman–Crippen LogP) is 6.37. The van der Waals surface area contributed by atoms with Crippen molar-refractivity contribution in [3.63, 3.8) is 0 Å². The molecule has 0 saturated carbocycles. The lowest BCUT2D eigenvalue weighted by Crippen LogP contribution is -2.36. The third-order valence-corrected chi connectivity index (χ3v) is 7.27. The molecule has 1 aliphatic heterocycles. The number of nitriles is 1. The number of benzene rings is 3. The van der Waals surface area contributed by atoms with Crippen LogP contribution in [0.5, 0.6) is 5.75 Å². The topological polar surface area (TPSA) is 66.2 Å². The molecule has 36 heavy (non-hydrogen) atoms. The zero-order valence-electron chi connectivity index (χ0n) is 20.0. The van der Waals surface area contributed by atoms with Crippen molar-refractivity contribution < 1.29 is 9.53 Å². The van der Waals surface area contributed by atoms with Gasteiger partial charge in [0.05, 0.1) is 24.1 Å². The van der Waals surface area contributed by atoms with Crippen molar-refractivity contribution >= 4 is 23.4 Å². The standard InChI is InChI=1S/C30H25N3O2S/c1-35-24-15-13-21(14-16-24)25-18-27(22-8-3-2-4-9-22)32-30(26(25)19-31)36-20-29(34)33-17-7-11-23-10-5-6-12-28(23)33/h2-6,8-10,12-16,18H,7,11,17,20H2,1H3. The van der Waals surface area contributed by atoms with E-state index in [1.165, 1.54) is 17.3 Å². The lowest BCUT2D eigenvalue weighted by Gasteiger charge is -2.29. The van der Waals surface area contributed by atoms with Crippen molar-refractivity contribution in [3.05, 3.63) is 96.1 Å². The van der Waals surface area contributed by atoms with Gasteiger partial charge in [-0.05, 0) is 48.2 Å². The van der Waals surface area contributed by atoms with Crippen LogP contribution in [0, 0.1) is 11.3 Å². The highest BCUT2D eigenvalue weighted by molar-refractivity contribution is 8.00. The van der Waals surface area contributed by atoms with Gasteiger partial charge >= 0.3 is 0 Å². The molecule has 5 rings (SSSR count). The number of ether oxygens (including phenoxy) is 1. The summed E-state index contributed by atoms with van der Waals surface area (Å²) in [6.07, 6.45) is 1.93. The molecule has 0 atom stereocenters. The van der Waals surface area contributed by atoms with Gasteiger partial charge in [-0.1, -0.05) is 72.4 Å². The van der Waals surface area contributed by atoms with E-state index in [2.05, 4.69) is 12.1 Å². The van der Waals surface area contributed by atoms with Gasteiger partial charge in [0.25, 0.3) is 0 Å². The normalized spacial score (nSPS) is 12.5. The van der Waals surface area contributed by atoms with Gasteiger partial charge in [-0.15, -0.1) is 0 Å². The van der Waals surface area contributed by atoms with Gasteiger partial charge in [0.1, 0.15) is 16.8 Å². The van der Waals surface area contributed by atoms with E-state index in [0.29, 0.717) is 17.1 Å². The number of hydrogen-bond donors (Lipinski definition) is 0. The van der Waals surface area contributed by atoms with Crippen molar-refractivity contribution in [2.75, 3.05) is 24.3 Å². The Labute approximate surface area is 215 Å². The molecule has 0 unspecified atom stereocenters. The molecule has 1 aromatic heterocycles. The van der Waals surface area contributed by atoms with Crippen molar-refractivity contribution in [3.8, 4) is 34.2 Å². The first-order valence-electron chi connectivity index (χ1n) is 11.8. The van der Waals surface area contributed by atoms with Crippen molar-refractivity contribution in [2.24, 2.45) is 0 Å². The monoisotopic (exact) mass is 491 g/mol. The maximum Gasteiger partial charge on any atom is 0.237 e. The van der Waals surface area contributed by atoms with Crippen LogP contribution in [0.25, 0.3) is 22.4 Å². The van der Waals surface area contributed by atoms with Gasteiger partial charge in [-0.3, -0.25) is 4.79 Å². The summed E-state index contributed by atoms with van der Waals surface area (Å²) in [6, 6.07) is 29.9. The summed E-state index contributed by atoms with van der Waals surface area (Å²) < 4.78 is 5.30. The quantitative estimate of drug-likeness (QED) is 0.293. The SMILES string of the molecule is COc1ccc(-c2cc(-c3ccccc3)nc(SCC(=O)N3CCCc4ccccc43)c2C#N)cc1. The molecule has 0 N–H and O–H groups in total. The third-order valence-electron chi connectivity index (χ3n) is 6.31. The number of fused-ring (bicyclic) bond motifs is 1. The average Bonchev–Trinajstić information content (AvgIpc) is 2.95. The van der Waals surface area contributed by atoms with Crippen LogP contribution in [0.2, 0.25) is 0 Å². The van der Waals surface area contributed by atoms with E-state index < -0.39 is 0 Å². The number of para-hydroxylation sites is 1. The number of methoxy groups -OCH3 is 1. The first-order chi connectivity index (χ1) is 17.7. The Kier molecular flexibility index (Phi) is 7.01. The van der Waals surface area contributed by atoms with Crippen LogP contribution < -0.4 is 9.64 Å². The Balaban J connectivity index is 1.50. The molecule has 6 heteroatoms. The molecule has 3 aromatic carbocycles. The molecule has 4 aromatic rings. The first-order valence-corrected chi connectivity index (χ1v) is 12.8. The molecule has 1 amide bonds. The molecule has 0 spiro atoms. The molecule has 0 saturated heterocycles. The minimum absolute atomic E-state index is 0.0222. The van der Waals surface area contributed by atoms with E-state index in [1.807, 2.05) is 83.8 Å². The van der Waals surface area contributed by atoms with Gasteiger partial charge in [0.2, 0.25) is 5.91 Å². The number of carbonyl (C=O) groups excluding carboxylic acids is 1. The summed E-state index contributed by atoms with van der Waals surface area (Å²) >= 11 is 1.32. The lowest BCUT2D eigenvalue weighted by atomic mass is 9.99. The fraction of sp³-hybridized carbons (Fsp3) is 0.167. The Morgan fingerprint density at radius 2 is 1.78 bits per heavy atom. The van der Waals surface area contributed by atoms with Crippen LogP contribution in [0.3, 0.4) is 0 Å². The summed E-state index contributed by atoms with van der Waals surface area (Å²) in [5.74, 6) is 0.974. The van der Waals surface area contributed by atoms with Crippen molar-refractivity contribution in [1.82, 2.24) is 4.98 Å². The van der Waals surface area contributed by atoms with E-state index in [4.69, 9.17) is 9.72 Å². The van der Waals surface area contributed by atoms with Gasteiger partial charge in [-0.2, -0.15) is 5.26 Å². The molecular formula is C30H25N3O2S. The highest BCUT2D eigenvalue weighted by Gasteiger charge is 2.23. The molecule has 178 valence electrons. The van der Waals surface area contributed by atoms with Crippen LogP contribution in [-0.4, -0.2) is 30.3 Å². The number of aryl methyl sites for hydroxylation is 1. The number of carbonyl (C=O) groups is 1. The van der Waals surface area contributed by atoms with Crippen LogP contribution in [0.4, 0.5) is 5.69 Å². The first kappa shape index (κ1) is 23.7. The van der Waals surface area contributed by atoms with Gasteiger partial charge < -0.3 is 9.64 Å². The van der Waals surface area contributed by atoms with Crippen LogP contribution in [0.1, 0.15) is 17.5 Å². The molecule has 5 nitrogen and oxygen atoms in total. The number of amides is 1. The minimum atomic E-state index is 0.0222. The zero-order valence-corrected chi connectivity index (χ0v) is 20.8. The van der Waals surface area contributed by atoms with Gasteiger partial charge in [0, 0.05) is 23.4 Å². The number of pyridine rings is 1. The van der Waals surface area contributed by atoms with E-state index in [0.717, 1.165) is 46.7 Å². The van der Waals surface area contributed by atoms with Crippen molar-refractivity contribution in [1.29, 1.82) is 5.26 Å². The number of hydrogen-bond acceptors (Lipinski definition) is 5. The smallest absolute Gasteiger partial charge is 0.237 e. The summed E-state index contributed by atoms with van der Waals surface area (Å²) in [5, 5.41) is 10.7. The Hall–Kier alpha value is -4.08. The largest absolute Gasteiger partial charge is 0.497 e. The number of rotatable bonds is 6. The Morgan fingerprint density at radius 1 is 1.03 bits per heavy atom. The Bertz CT molecular complexity index is 1430. The molecule has 0 radical (unpaired) electrons. The predicted molar refractivity (Wildman–Crippen MR) is 144 cm³/mol. The van der Waals surface area contributed by atoms with E-state index in [1.54, 1.807) is 7.11 Å². The number of thioether (sulfide) groups is 1. The van der Waals surface area contributed by atoms with Crippen LogP contribution >= 0.6 is 11.8 Å². The maximum atomic E-state index is 13.3. The second-order valence-electron chi connectivity index (χ2n) is 8.51. The van der Waals surface area contributed by atoms with Gasteiger partial charge in [0.15, 0.2) is 0 Å². The summed E-state index contributed by atoms with van der Waals surface area (Å²) in [6.45, 7) is 0.704. The molecule has 0 bridgehead atoms. The minimum Gasteiger partial charge on any atom is -0.497 e. The summed E-state index contributed by atoms with van der Waals surface area (Å²) in [5.41, 5.74) is 6.05. The molecule has 2 heterocycles. The van der Waals surface area contributed by atoms with Gasteiger partial charge in [-0.25, -0.2) is 4.98 Å². The Morgan fingerprint density at radius 3 is 2.53 bits per heavy atom. The average molecular weight is 492 g/mol. The molecule has 0 fully saturated rings. The number of aromatic nitrogens is 1. The van der Waals surface area contributed by atoms with Crippen LogP contribution in [-0.2, 0) is 11.2 Å². The third kappa shape index (κ3) is 4.84. The second-order valence-corrected chi connectivity index (χ2v) is 9.47. The number of nitrogens with zero attached hydrogens (tertiary/aromatic N) is 3. The molecule has 1 aliphatic rings. The zero-order chi connectivity index (χ0) is 24.9. The lowest BCUT2D eigenvalue weighted by molar-refractivity contribution is -0.116. The highest BCUT2D eigenvalue weighted by Crippen LogP contribution is 2.35. The summed E-state index contributed by atoms with van der Waals surface area (Å²) in [7, 11) is 1.63. The summed E-state index contributed by atoms with van der Waals surface area (Å²) in [4.78, 5) is 20.0. The van der Waals surface area contributed by atoms with Crippen molar-refractivity contribution in [2.45, 2.75) is 17.9 Å². The molecule has 0 aliphatic carbocycles. The maximum absolute atomic E-state index is 13.3. The second kappa shape index (κ2) is 10.7. The van der Waals surface area contributed by atoms with E-state index in [-0.39, 0.29) is 11.7 Å². The molecular weight excluding hydrogens is 466 g/mol. The fourth-order valence-electron chi connectivity index (χ4n) is 4.49. The van der Waals surface area contributed by atoms with E-state index >= 15 is 0 Å². The van der Waals surface area contributed by atoms with E-state index in [9.17, 15) is 10.1 Å². The fourth-order valence-corrected chi connectivity index (χ4v) is 5.37. The number of anilines is 1. The van der Waals surface area contributed by atoms with Crippen LogP contribution in [0.15, 0.2) is 90.0 Å².